The molecular weight excluding hydrogens is 462 g/mol. The minimum Gasteiger partial charge on any atom is -0.497 e. The number of hydrogen-bond donors (Lipinski definition) is 2. The van der Waals surface area contributed by atoms with Gasteiger partial charge in [0.1, 0.15) is 24.2 Å². The number of nitrogens with one attached hydrogen (secondary N) is 1. The minimum atomic E-state index is -0.623. The number of ether oxygens (including phenoxy) is 4. The zero-order chi connectivity index (χ0) is 26.5. The summed E-state index contributed by atoms with van der Waals surface area (Å²) in [5.41, 5.74) is 2.98. The summed E-state index contributed by atoms with van der Waals surface area (Å²) in [6.45, 7) is 7.84. The molecule has 36 heavy (non-hydrogen) atoms. The molecule has 0 radical (unpaired) electrons. The van der Waals surface area contributed by atoms with Crippen LogP contribution in [0.2, 0.25) is 0 Å². The normalized spacial score (nSPS) is 13.4. The first kappa shape index (κ1) is 28.5. The molecular formula is C28H35NO7. The number of esters is 1. The van der Waals surface area contributed by atoms with Gasteiger partial charge < -0.3 is 24.1 Å². The fourth-order valence-corrected chi connectivity index (χ4v) is 3.45. The van der Waals surface area contributed by atoms with Gasteiger partial charge >= 0.3 is 12.1 Å². The van der Waals surface area contributed by atoms with Crippen molar-refractivity contribution < 1.29 is 33.6 Å². The molecule has 0 aromatic heterocycles. The Bertz CT molecular complexity index is 1040. The molecule has 0 aliphatic carbocycles. The first-order chi connectivity index (χ1) is 17.3. The number of benzene rings is 2. The molecule has 0 saturated carbocycles. The smallest absolute Gasteiger partial charge is 0.412 e. The Morgan fingerprint density at radius 3 is 2.22 bits per heavy atom. The van der Waals surface area contributed by atoms with Gasteiger partial charge in [0.25, 0.3) is 0 Å². The molecule has 0 heterocycles. The quantitative estimate of drug-likeness (QED) is 0.228. The van der Waals surface area contributed by atoms with Gasteiger partial charge in [-0.05, 0) is 68.3 Å². The number of aliphatic hydroxyl groups is 1. The van der Waals surface area contributed by atoms with E-state index >= 15 is 0 Å². The maximum absolute atomic E-state index is 12.8. The Morgan fingerprint density at radius 2 is 1.64 bits per heavy atom. The lowest BCUT2D eigenvalue weighted by Crippen LogP contribution is -2.22. The van der Waals surface area contributed by atoms with Gasteiger partial charge in [0.05, 0.1) is 20.3 Å². The van der Waals surface area contributed by atoms with Crippen molar-refractivity contribution >= 4 is 17.7 Å². The topological polar surface area (TPSA) is 103 Å². The van der Waals surface area contributed by atoms with Crippen LogP contribution in [-0.2, 0) is 14.3 Å². The van der Waals surface area contributed by atoms with Gasteiger partial charge in [0.2, 0.25) is 0 Å². The fourth-order valence-electron chi connectivity index (χ4n) is 3.45. The number of methoxy groups -OCH3 is 1. The predicted octanol–water partition coefficient (Wildman–Crippen LogP) is 5.45. The number of hydrogen-bond acceptors (Lipinski definition) is 7. The highest BCUT2D eigenvalue weighted by Gasteiger charge is 2.25. The lowest BCUT2D eigenvalue weighted by molar-refractivity contribution is -0.137. The van der Waals surface area contributed by atoms with Crippen LogP contribution in [0.4, 0.5) is 10.5 Å². The van der Waals surface area contributed by atoms with E-state index in [0.29, 0.717) is 23.8 Å². The molecule has 0 unspecified atom stereocenters. The van der Waals surface area contributed by atoms with E-state index in [1.54, 1.807) is 50.4 Å². The predicted molar refractivity (Wildman–Crippen MR) is 138 cm³/mol. The summed E-state index contributed by atoms with van der Waals surface area (Å²) in [6.07, 6.45) is 2.07. The van der Waals surface area contributed by atoms with Crippen LogP contribution in [0.1, 0.15) is 39.4 Å². The largest absolute Gasteiger partial charge is 0.497 e. The van der Waals surface area contributed by atoms with Crippen LogP contribution in [0.15, 0.2) is 71.8 Å². The highest BCUT2D eigenvalue weighted by Crippen LogP contribution is 2.33. The van der Waals surface area contributed by atoms with E-state index in [2.05, 4.69) is 5.32 Å². The van der Waals surface area contributed by atoms with Gasteiger partial charge in [0.15, 0.2) is 0 Å². The van der Waals surface area contributed by atoms with Gasteiger partial charge in [-0.2, -0.15) is 0 Å². The summed E-state index contributed by atoms with van der Waals surface area (Å²) < 4.78 is 21.5. The summed E-state index contributed by atoms with van der Waals surface area (Å²) in [5, 5.41) is 11.7. The molecule has 1 amide bonds. The molecule has 0 fully saturated rings. The second-order valence-electron chi connectivity index (χ2n) is 8.14. The summed E-state index contributed by atoms with van der Waals surface area (Å²) in [5.74, 6) is 0.650. The molecule has 0 aliphatic rings. The number of anilines is 1. The molecule has 0 spiro atoms. The summed E-state index contributed by atoms with van der Waals surface area (Å²) in [4.78, 5) is 24.6. The second-order valence-corrected chi connectivity index (χ2v) is 8.14. The average molecular weight is 498 g/mol. The van der Waals surface area contributed by atoms with Crippen molar-refractivity contribution in [2.24, 2.45) is 5.92 Å². The van der Waals surface area contributed by atoms with Crippen molar-refractivity contribution in [2.75, 3.05) is 32.2 Å². The van der Waals surface area contributed by atoms with Gasteiger partial charge in [0, 0.05) is 17.7 Å². The van der Waals surface area contributed by atoms with Crippen molar-refractivity contribution in [3.63, 3.8) is 0 Å². The third-order valence-corrected chi connectivity index (χ3v) is 5.40. The van der Waals surface area contributed by atoms with E-state index in [-0.39, 0.29) is 19.1 Å². The van der Waals surface area contributed by atoms with Crippen molar-refractivity contribution in [3.8, 4) is 11.5 Å². The van der Waals surface area contributed by atoms with Crippen LogP contribution < -0.4 is 14.8 Å². The van der Waals surface area contributed by atoms with Crippen LogP contribution in [0, 0.1) is 5.92 Å². The summed E-state index contributed by atoms with van der Waals surface area (Å²) in [7, 11) is 1.57. The summed E-state index contributed by atoms with van der Waals surface area (Å²) in [6, 6.07) is 14.1. The Morgan fingerprint density at radius 1 is 1.00 bits per heavy atom. The first-order valence-electron chi connectivity index (χ1n) is 11.8. The molecule has 2 atom stereocenters. The van der Waals surface area contributed by atoms with E-state index in [0.717, 1.165) is 16.7 Å². The molecule has 2 rings (SSSR count). The van der Waals surface area contributed by atoms with Crippen LogP contribution in [0.25, 0.3) is 0 Å². The zero-order valence-electron chi connectivity index (χ0n) is 21.4. The zero-order valence-corrected chi connectivity index (χ0v) is 21.4. The molecule has 2 aromatic carbocycles. The number of aliphatic hydroxyl groups excluding tert-OH is 1. The van der Waals surface area contributed by atoms with Crippen molar-refractivity contribution in [1.29, 1.82) is 0 Å². The van der Waals surface area contributed by atoms with E-state index in [1.807, 2.05) is 39.0 Å². The molecule has 2 aromatic rings. The van der Waals surface area contributed by atoms with Gasteiger partial charge in [-0.3, -0.25) is 5.32 Å². The summed E-state index contributed by atoms with van der Waals surface area (Å²) >= 11 is 0. The number of amides is 1. The molecule has 8 nitrogen and oxygen atoms in total. The Balaban J connectivity index is 2.26. The Kier molecular flexibility index (Phi) is 11.5. The lowest BCUT2D eigenvalue weighted by Gasteiger charge is -2.26. The Labute approximate surface area is 212 Å². The maximum atomic E-state index is 12.8. The van der Waals surface area contributed by atoms with E-state index in [4.69, 9.17) is 24.1 Å². The molecule has 8 heteroatoms. The highest BCUT2D eigenvalue weighted by molar-refractivity contribution is 5.85. The molecule has 0 aliphatic heterocycles. The number of carbonyl (C=O) groups is 2. The monoisotopic (exact) mass is 497 g/mol. The maximum Gasteiger partial charge on any atom is 0.412 e. The van der Waals surface area contributed by atoms with Crippen molar-refractivity contribution in [3.05, 3.63) is 77.4 Å². The Hall–Kier alpha value is -3.78. The second kappa shape index (κ2) is 14.6. The number of rotatable bonds is 12. The minimum absolute atomic E-state index is 0.0846. The molecule has 0 saturated heterocycles. The van der Waals surface area contributed by atoms with Crippen molar-refractivity contribution in [1.82, 2.24) is 0 Å². The van der Waals surface area contributed by atoms with Crippen molar-refractivity contribution in [2.45, 2.75) is 33.8 Å². The molecule has 0 bridgehead atoms. The number of carbonyl (C=O) groups excluding carboxylic acids is 2. The van der Waals surface area contributed by atoms with Crippen LogP contribution >= 0.6 is 0 Å². The third kappa shape index (κ3) is 9.11. The average Bonchev–Trinajstić information content (AvgIpc) is 2.86. The van der Waals surface area contributed by atoms with E-state index < -0.39 is 18.2 Å². The fraction of sp³-hybridized carbons (Fsp3) is 0.357. The number of allylic oxidation sites excluding steroid dienone is 2. The van der Waals surface area contributed by atoms with Crippen LogP contribution in [0.3, 0.4) is 0 Å². The van der Waals surface area contributed by atoms with Gasteiger partial charge in [-0.15, -0.1) is 0 Å². The standard InChI is InChI=1S/C28H35NO7/c1-6-34-26(31)18-19(2)17-20(3)21(4)27(22-7-11-25(12-8-22)35-16-15-30)36-28(32)29-23-9-13-24(33-5)14-10-23/h7-14,17-18,21,27,30H,6,15-16H2,1-5H3,(H,29,32)/b19-18+,20-17+/t21-,27+/m1/s1. The lowest BCUT2D eigenvalue weighted by atomic mass is 9.90. The van der Waals surface area contributed by atoms with Crippen LogP contribution in [-0.4, -0.2) is 44.1 Å². The third-order valence-electron chi connectivity index (χ3n) is 5.40. The SMILES string of the molecule is CCOC(=O)/C=C(C)/C=C(\C)[C@@H](C)[C@H](OC(=O)Nc1ccc(OC)cc1)c1ccc(OCCO)cc1. The van der Waals surface area contributed by atoms with Gasteiger partial charge in [-0.1, -0.05) is 30.7 Å². The highest BCUT2D eigenvalue weighted by atomic mass is 16.6. The first-order valence-corrected chi connectivity index (χ1v) is 11.8. The molecule has 2 N–H and O–H groups in total. The van der Waals surface area contributed by atoms with Crippen LogP contribution in [0.5, 0.6) is 11.5 Å². The van der Waals surface area contributed by atoms with E-state index in [9.17, 15) is 9.59 Å². The van der Waals surface area contributed by atoms with E-state index in [1.165, 1.54) is 6.08 Å². The van der Waals surface area contributed by atoms with Gasteiger partial charge in [-0.25, -0.2) is 9.59 Å². The molecule has 194 valence electrons.